The van der Waals surface area contributed by atoms with Crippen molar-refractivity contribution >= 4 is 34.4 Å². The predicted molar refractivity (Wildman–Crippen MR) is 78.2 cm³/mol. The number of anilines is 1. The number of rotatable bonds is 5. The smallest absolute Gasteiger partial charge is 0.324 e. The van der Waals surface area contributed by atoms with E-state index < -0.39 is 31.0 Å². The molecule has 0 radical (unpaired) electrons. The van der Waals surface area contributed by atoms with Gasteiger partial charge in [0.25, 0.3) is 0 Å². The van der Waals surface area contributed by atoms with E-state index in [1.165, 1.54) is 11.3 Å². The molecule has 0 bridgehead atoms. The van der Waals surface area contributed by atoms with Crippen LogP contribution in [-0.4, -0.2) is 46.0 Å². The van der Waals surface area contributed by atoms with Gasteiger partial charge in [0.05, 0.1) is 5.69 Å². The molecule has 0 saturated carbocycles. The number of primary amides is 1. The van der Waals surface area contributed by atoms with E-state index in [9.17, 15) is 14.4 Å². The van der Waals surface area contributed by atoms with Gasteiger partial charge in [0.2, 0.25) is 5.91 Å². The van der Waals surface area contributed by atoms with Crippen molar-refractivity contribution < 1.29 is 19.5 Å². The first kappa shape index (κ1) is 16.9. The van der Waals surface area contributed by atoms with Crippen LogP contribution in [0, 0.1) is 0 Å². The molecule has 1 aromatic heterocycles. The molecule has 1 rings (SSSR count). The van der Waals surface area contributed by atoms with Gasteiger partial charge in [0.15, 0.2) is 5.13 Å². The van der Waals surface area contributed by atoms with Crippen molar-refractivity contribution in [2.45, 2.75) is 26.2 Å². The lowest BCUT2D eigenvalue weighted by atomic mass is 9.93. The lowest BCUT2D eigenvalue weighted by Gasteiger charge is -2.18. The Balaban J connectivity index is 2.79. The number of carboxylic acid groups (broad SMARTS) is 1. The molecule has 3 amide bonds. The lowest BCUT2D eigenvalue weighted by Crippen LogP contribution is -2.43. The van der Waals surface area contributed by atoms with Gasteiger partial charge < -0.3 is 15.7 Å². The molecule has 0 unspecified atom stereocenters. The van der Waals surface area contributed by atoms with E-state index in [1.54, 1.807) is 0 Å². The number of nitrogens with one attached hydrogen (secondary N) is 1. The number of nitrogens with zero attached hydrogens (tertiary/aromatic N) is 2. The number of hydrogen-bond donors (Lipinski definition) is 3. The van der Waals surface area contributed by atoms with Crippen LogP contribution in [0.3, 0.4) is 0 Å². The van der Waals surface area contributed by atoms with Crippen molar-refractivity contribution in [3.05, 3.63) is 11.1 Å². The Hall–Kier alpha value is -2.16. The van der Waals surface area contributed by atoms with Gasteiger partial charge in [-0.05, 0) is 0 Å². The molecule has 0 aliphatic heterocycles. The molecule has 0 aliphatic rings. The van der Waals surface area contributed by atoms with Crippen LogP contribution in [0.5, 0.6) is 0 Å². The van der Waals surface area contributed by atoms with Gasteiger partial charge in [-0.3, -0.25) is 14.9 Å². The Morgan fingerprint density at radius 2 is 2.00 bits per heavy atom. The van der Waals surface area contributed by atoms with E-state index in [1.807, 2.05) is 26.2 Å². The van der Waals surface area contributed by atoms with Crippen molar-refractivity contribution in [1.82, 2.24) is 9.88 Å². The maximum absolute atomic E-state index is 12.0. The average molecular weight is 314 g/mol. The molecule has 0 fully saturated rings. The lowest BCUT2D eigenvalue weighted by molar-refractivity contribution is -0.137. The molecule has 1 heterocycles. The van der Waals surface area contributed by atoms with Crippen LogP contribution < -0.4 is 11.1 Å². The number of hydrogen-bond acceptors (Lipinski definition) is 5. The highest BCUT2D eigenvalue weighted by Crippen LogP contribution is 2.26. The largest absolute Gasteiger partial charge is 0.480 e. The van der Waals surface area contributed by atoms with Crippen LogP contribution in [0.25, 0.3) is 0 Å². The second-order valence-corrected chi connectivity index (χ2v) is 6.29. The molecule has 0 atom stereocenters. The Morgan fingerprint density at radius 1 is 1.38 bits per heavy atom. The third-order valence-corrected chi connectivity index (χ3v) is 3.20. The Bertz CT molecular complexity index is 534. The first-order valence-electron chi connectivity index (χ1n) is 6.11. The average Bonchev–Trinajstić information content (AvgIpc) is 2.74. The minimum Gasteiger partial charge on any atom is -0.480 e. The quantitative estimate of drug-likeness (QED) is 0.742. The molecule has 0 aliphatic carbocycles. The number of urea groups is 1. The minimum atomic E-state index is -1.24. The fourth-order valence-corrected chi connectivity index (χ4v) is 2.32. The number of carbonyl (C=O) groups excluding carboxylic acids is 2. The minimum absolute atomic E-state index is 0.159. The molecule has 0 saturated heterocycles. The van der Waals surface area contributed by atoms with Gasteiger partial charge in [-0.15, -0.1) is 11.3 Å². The maximum atomic E-state index is 12.0. The molecule has 116 valence electrons. The fourth-order valence-electron chi connectivity index (χ4n) is 1.40. The zero-order chi connectivity index (χ0) is 16.2. The SMILES string of the molecule is CC(C)(C)c1csc(NC(=O)N(CC(N)=O)CC(=O)O)n1. The highest BCUT2D eigenvalue weighted by molar-refractivity contribution is 7.13. The van der Waals surface area contributed by atoms with Gasteiger partial charge in [0.1, 0.15) is 13.1 Å². The highest BCUT2D eigenvalue weighted by atomic mass is 32.1. The van der Waals surface area contributed by atoms with Crippen molar-refractivity contribution in [3.8, 4) is 0 Å². The summed E-state index contributed by atoms with van der Waals surface area (Å²) in [4.78, 5) is 38.6. The van der Waals surface area contributed by atoms with Gasteiger partial charge >= 0.3 is 12.0 Å². The second kappa shape index (κ2) is 6.53. The summed E-state index contributed by atoms with van der Waals surface area (Å²) in [7, 11) is 0. The monoisotopic (exact) mass is 314 g/mol. The number of aromatic nitrogens is 1. The summed E-state index contributed by atoms with van der Waals surface area (Å²) in [5, 5.41) is 13.4. The summed E-state index contributed by atoms with van der Waals surface area (Å²) >= 11 is 1.23. The molecule has 21 heavy (non-hydrogen) atoms. The number of carbonyl (C=O) groups is 3. The normalized spacial score (nSPS) is 11.0. The van der Waals surface area contributed by atoms with E-state index in [0.29, 0.717) is 5.13 Å². The standard InChI is InChI=1S/C12H18N4O4S/c1-12(2,3)7-6-21-10(14-7)15-11(20)16(4-8(13)17)5-9(18)19/h6H,4-5H2,1-3H3,(H2,13,17)(H,18,19)(H,14,15,20). The van der Waals surface area contributed by atoms with E-state index in [4.69, 9.17) is 10.8 Å². The van der Waals surface area contributed by atoms with E-state index in [2.05, 4.69) is 10.3 Å². The van der Waals surface area contributed by atoms with E-state index in [-0.39, 0.29) is 5.41 Å². The van der Waals surface area contributed by atoms with Gasteiger partial charge in [-0.25, -0.2) is 9.78 Å². The molecule has 4 N–H and O–H groups in total. The molecule has 8 nitrogen and oxygen atoms in total. The summed E-state index contributed by atoms with van der Waals surface area (Å²) in [6.45, 7) is 4.86. The van der Waals surface area contributed by atoms with E-state index >= 15 is 0 Å². The maximum Gasteiger partial charge on any atom is 0.324 e. The summed E-state index contributed by atoms with van der Waals surface area (Å²) in [5.41, 5.74) is 5.64. The van der Waals surface area contributed by atoms with Crippen LogP contribution in [0.1, 0.15) is 26.5 Å². The van der Waals surface area contributed by atoms with Crippen molar-refractivity contribution in [2.75, 3.05) is 18.4 Å². The number of amides is 3. The Morgan fingerprint density at radius 3 is 2.43 bits per heavy atom. The van der Waals surface area contributed by atoms with Crippen LogP contribution >= 0.6 is 11.3 Å². The summed E-state index contributed by atoms with van der Waals surface area (Å²) in [6, 6.07) is -0.731. The number of nitrogens with two attached hydrogens (primary N) is 1. The topological polar surface area (TPSA) is 126 Å². The van der Waals surface area contributed by atoms with Crippen molar-refractivity contribution in [2.24, 2.45) is 5.73 Å². The molecule has 0 aromatic carbocycles. The van der Waals surface area contributed by atoms with E-state index in [0.717, 1.165) is 10.6 Å². The zero-order valence-electron chi connectivity index (χ0n) is 12.0. The Kier molecular flexibility index (Phi) is 5.25. The molecular formula is C12H18N4O4S. The summed E-state index contributed by atoms with van der Waals surface area (Å²) < 4.78 is 0. The van der Waals surface area contributed by atoms with Gasteiger partial charge in [0, 0.05) is 10.8 Å². The first-order chi connectivity index (χ1) is 9.59. The zero-order valence-corrected chi connectivity index (χ0v) is 12.9. The second-order valence-electron chi connectivity index (χ2n) is 5.43. The summed E-state index contributed by atoms with van der Waals surface area (Å²) in [5.74, 6) is -2.03. The predicted octanol–water partition coefficient (Wildman–Crippen LogP) is 0.844. The molecule has 0 spiro atoms. The van der Waals surface area contributed by atoms with Crippen LogP contribution in [-0.2, 0) is 15.0 Å². The molecule has 9 heteroatoms. The van der Waals surface area contributed by atoms with Crippen LogP contribution in [0.4, 0.5) is 9.93 Å². The molecular weight excluding hydrogens is 296 g/mol. The number of carboxylic acids is 1. The summed E-state index contributed by atoms with van der Waals surface area (Å²) in [6.07, 6.45) is 0. The van der Waals surface area contributed by atoms with Gasteiger partial charge in [-0.1, -0.05) is 20.8 Å². The fraction of sp³-hybridized carbons (Fsp3) is 0.500. The highest BCUT2D eigenvalue weighted by Gasteiger charge is 2.22. The number of thiazole rings is 1. The van der Waals surface area contributed by atoms with Crippen molar-refractivity contribution in [3.63, 3.8) is 0 Å². The Labute approximate surface area is 126 Å². The number of aliphatic carboxylic acids is 1. The van der Waals surface area contributed by atoms with Crippen LogP contribution in [0.15, 0.2) is 5.38 Å². The first-order valence-corrected chi connectivity index (χ1v) is 6.99. The third kappa shape index (κ3) is 5.38. The third-order valence-electron chi connectivity index (χ3n) is 2.45. The van der Waals surface area contributed by atoms with Gasteiger partial charge in [-0.2, -0.15) is 0 Å². The van der Waals surface area contributed by atoms with Crippen LogP contribution in [0.2, 0.25) is 0 Å². The van der Waals surface area contributed by atoms with Crippen molar-refractivity contribution in [1.29, 1.82) is 0 Å². The molecule has 1 aromatic rings.